The summed E-state index contributed by atoms with van der Waals surface area (Å²) < 4.78 is 0. The van der Waals surface area contributed by atoms with Gasteiger partial charge in [-0.05, 0) is 38.0 Å². The van der Waals surface area contributed by atoms with E-state index in [0.717, 1.165) is 6.42 Å². The third kappa shape index (κ3) is 4.27. The maximum absolute atomic E-state index is 8.59. The van der Waals surface area contributed by atoms with Crippen molar-refractivity contribution in [2.45, 2.75) is 25.8 Å². The van der Waals surface area contributed by atoms with Crippen molar-refractivity contribution in [3.05, 3.63) is 35.4 Å². The highest BCUT2D eigenvalue weighted by Gasteiger charge is 2.10. The van der Waals surface area contributed by atoms with Crippen molar-refractivity contribution in [2.24, 2.45) is 5.73 Å². The van der Waals surface area contributed by atoms with Crippen molar-refractivity contribution in [3.8, 4) is 6.07 Å². The lowest BCUT2D eigenvalue weighted by atomic mass is 9.96. The summed E-state index contributed by atoms with van der Waals surface area (Å²) in [5, 5.41) is 8.59. The Balaban J connectivity index is 0.00000169. The minimum atomic E-state index is -0.186. The lowest BCUT2D eigenvalue weighted by Gasteiger charge is -2.18. The van der Waals surface area contributed by atoms with Crippen molar-refractivity contribution in [3.63, 3.8) is 0 Å². The van der Waals surface area contributed by atoms with Gasteiger partial charge in [-0.1, -0.05) is 12.1 Å². The van der Waals surface area contributed by atoms with Crippen LogP contribution in [0.2, 0.25) is 0 Å². The number of halogens is 1. The molecule has 2 nitrogen and oxygen atoms in total. The smallest absolute Gasteiger partial charge is 0.0991 e. The van der Waals surface area contributed by atoms with Crippen LogP contribution in [0.25, 0.3) is 0 Å². The van der Waals surface area contributed by atoms with Crippen molar-refractivity contribution < 1.29 is 0 Å². The van der Waals surface area contributed by atoms with Gasteiger partial charge in [0.15, 0.2) is 0 Å². The van der Waals surface area contributed by atoms with Crippen molar-refractivity contribution in [2.75, 3.05) is 0 Å². The monoisotopic (exact) mass is 210 g/mol. The summed E-state index contributed by atoms with van der Waals surface area (Å²) in [6.07, 6.45) is 0.832. The molecule has 0 saturated heterocycles. The minimum absolute atomic E-state index is 0. The lowest BCUT2D eigenvalue weighted by molar-refractivity contribution is 0.517. The average Bonchev–Trinajstić information content (AvgIpc) is 2.03. The van der Waals surface area contributed by atoms with E-state index < -0.39 is 0 Å². The molecule has 3 heteroatoms. The first-order chi connectivity index (χ1) is 6.01. The fourth-order valence-corrected chi connectivity index (χ4v) is 1.22. The van der Waals surface area contributed by atoms with Crippen LogP contribution < -0.4 is 5.73 Å². The van der Waals surface area contributed by atoms with Crippen LogP contribution in [0.15, 0.2) is 24.3 Å². The molecule has 0 heterocycles. The molecule has 14 heavy (non-hydrogen) atoms. The van der Waals surface area contributed by atoms with Crippen LogP contribution in [0.4, 0.5) is 0 Å². The topological polar surface area (TPSA) is 49.8 Å². The van der Waals surface area contributed by atoms with E-state index >= 15 is 0 Å². The van der Waals surface area contributed by atoms with Gasteiger partial charge in [-0.15, -0.1) is 12.4 Å². The van der Waals surface area contributed by atoms with Crippen molar-refractivity contribution >= 4 is 12.4 Å². The van der Waals surface area contributed by atoms with Crippen LogP contribution in [0, 0.1) is 11.3 Å². The largest absolute Gasteiger partial charge is 0.325 e. The summed E-state index contributed by atoms with van der Waals surface area (Å²) in [5.74, 6) is 0. The molecule has 0 aromatic heterocycles. The van der Waals surface area contributed by atoms with E-state index in [2.05, 4.69) is 6.07 Å². The fraction of sp³-hybridized carbons (Fsp3) is 0.364. The fourth-order valence-electron chi connectivity index (χ4n) is 1.22. The predicted molar refractivity (Wildman–Crippen MR) is 60.4 cm³/mol. The molecule has 0 aliphatic rings. The standard InChI is InChI=1S/C11H14N2.ClH/c1-11(2,13)7-9-3-5-10(8-12)6-4-9;/h3-6H,7,13H2,1-2H3;1H. The second-order valence-electron chi connectivity index (χ2n) is 3.97. The number of hydrogen-bond acceptors (Lipinski definition) is 2. The molecule has 2 N–H and O–H groups in total. The van der Waals surface area contributed by atoms with E-state index in [0.29, 0.717) is 5.56 Å². The van der Waals surface area contributed by atoms with Crippen molar-refractivity contribution in [1.29, 1.82) is 5.26 Å². The summed E-state index contributed by atoms with van der Waals surface area (Å²) >= 11 is 0. The number of nitrogens with two attached hydrogens (primary N) is 1. The molecule has 0 bridgehead atoms. The first kappa shape index (κ1) is 13.0. The molecule has 0 spiro atoms. The number of hydrogen-bond donors (Lipinski definition) is 1. The van der Waals surface area contributed by atoms with Crippen LogP contribution in [0.3, 0.4) is 0 Å². The zero-order chi connectivity index (χ0) is 9.90. The summed E-state index contributed by atoms with van der Waals surface area (Å²) in [7, 11) is 0. The summed E-state index contributed by atoms with van der Waals surface area (Å²) in [4.78, 5) is 0. The second-order valence-corrected chi connectivity index (χ2v) is 3.97. The van der Waals surface area contributed by atoms with E-state index in [1.165, 1.54) is 5.56 Å². The van der Waals surface area contributed by atoms with Gasteiger partial charge >= 0.3 is 0 Å². The molecule has 0 aliphatic heterocycles. The molecule has 0 aliphatic carbocycles. The van der Waals surface area contributed by atoms with Crippen LogP contribution in [0.1, 0.15) is 25.0 Å². The van der Waals surface area contributed by atoms with Gasteiger partial charge in [0.1, 0.15) is 0 Å². The van der Waals surface area contributed by atoms with Crippen LogP contribution in [-0.4, -0.2) is 5.54 Å². The molecule has 1 rings (SSSR count). The highest BCUT2D eigenvalue weighted by molar-refractivity contribution is 5.85. The summed E-state index contributed by atoms with van der Waals surface area (Å²) in [6, 6.07) is 9.63. The zero-order valence-corrected chi connectivity index (χ0v) is 9.27. The number of nitrogens with zero attached hydrogens (tertiary/aromatic N) is 1. The van der Waals surface area contributed by atoms with Gasteiger partial charge in [-0.25, -0.2) is 0 Å². The highest BCUT2D eigenvalue weighted by atomic mass is 35.5. The Bertz CT molecular complexity index is 317. The quantitative estimate of drug-likeness (QED) is 0.814. The third-order valence-electron chi connectivity index (χ3n) is 1.74. The van der Waals surface area contributed by atoms with Gasteiger partial charge in [-0.3, -0.25) is 0 Å². The molecule has 0 amide bonds. The molecule has 76 valence electrons. The second kappa shape index (κ2) is 4.99. The number of rotatable bonds is 2. The molecule has 0 saturated carbocycles. The Morgan fingerprint density at radius 3 is 2.14 bits per heavy atom. The Hall–Kier alpha value is -1.04. The average molecular weight is 211 g/mol. The normalized spacial score (nSPS) is 10.1. The van der Waals surface area contributed by atoms with Gasteiger partial charge < -0.3 is 5.73 Å². The zero-order valence-electron chi connectivity index (χ0n) is 8.45. The number of benzene rings is 1. The SMILES string of the molecule is CC(C)(N)Cc1ccc(C#N)cc1.Cl. The van der Waals surface area contributed by atoms with E-state index in [-0.39, 0.29) is 17.9 Å². The molecule has 1 aromatic rings. The molecule has 0 fully saturated rings. The predicted octanol–water partition coefficient (Wildman–Crippen LogP) is 2.26. The Morgan fingerprint density at radius 1 is 1.29 bits per heavy atom. The first-order valence-corrected chi connectivity index (χ1v) is 4.29. The molecular weight excluding hydrogens is 196 g/mol. The van der Waals surface area contributed by atoms with Gasteiger partial charge in [0.05, 0.1) is 11.6 Å². The minimum Gasteiger partial charge on any atom is -0.325 e. The maximum atomic E-state index is 8.59. The van der Waals surface area contributed by atoms with Gasteiger partial charge in [0.2, 0.25) is 0 Å². The van der Waals surface area contributed by atoms with E-state index in [9.17, 15) is 0 Å². The summed E-state index contributed by atoms with van der Waals surface area (Å²) in [6.45, 7) is 3.98. The van der Waals surface area contributed by atoms with Crippen LogP contribution in [0.5, 0.6) is 0 Å². The molecule has 0 atom stereocenters. The molecular formula is C11H15ClN2. The first-order valence-electron chi connectivity index (χ1n) is 4.29. The lowest BCUT2D eigenvalue weighted by Crippen LogP contribution is -2.34. The van der Waals surface area contributed by atoms with Crippen LogP contribution in [-0.2, 0) is 6.42 Å². The van der Waals surface area contributed by atoms with Crippen molar-refractivity contribution in [1.82, 2.24) is 0 Å². The van der Waals surface area contributed by atoms with E-state index in [4.69, 9.17) is 11.0 Å². The Labute approximate surface area is 91.1 Å². The maximum Gasteiger partial charge on any atom is 0.0991 e. The Kier molecular flexibility index (Phi) is 4.62. The van der Waals surface area contributed by atoms with Crippen LogP contribution >= 0.6 is 12.4 Å². The van der Waals surface area contributed by atoms with E-state index in [1.807, 2.05) is 38.1 Å². The summed E-state index contributed by atoms with van der Waals surface area (Å²) in [5.41, 5.74) is 7.55. The highest BCUT2D eigenvalue weighted by Crippen LogP contribution is 2.10. The molecule has 1 aromatic carbocycles. The Morgan fingerprint density at radius 2 is 1.79 bits per heavy atom. The van der Waals surface area contributed by atoms with Gasteiger partial charge in [-0.2, -0.15) is 5.26 Å². The third-order valence-corrected chi connectivity index (χ3v) is 1.74. The van der Waals surface area contributed by atoms with Gasteiger partial charge in [0.25, 0.3) is 0 Å². The van der Waals surface area contributed by atoms with E-state index in [1.54, 1.807) is 0 Å². The number of nitriles is 1. The molecule has 0 unspecified atom stereocenters. The molecule has 0 radical (unpaired) electrons. The van der Waals surface area contributed by atoms with Gasteiger partial charge in [0, 0.05) is 5.54 Å².